The van der Waals surface area contributed by atoms with Gasteiger partial charge < -0.3 is 5.73 Å². The minimum Gasteiger partial charge on any atom is -0.330 e. The quantitative estimate of drug-likeness (QED) is 0.851. The highest BCUT2D eigenvalue weighted by atomic mass is 32.2. The Labute approximate surface area is 118 Å². The second-order valence-corrected chi connectivity index (χ2v) is 6.56. The molecular weight excluding hydrogens is 282 g/mol. The molecule has 0 radical (unpaired) electrons. The summed E-state index contributed by atoms with van der Waals surface area (Å²) >= 11 is 1.60. The van der Waals surface area contributed by atoms with Crippen LogP contribution in [0.2, 0.25) is 0 Å². The Morgan fingerprint density at radius 2 is 2.05 bits per heavy atom. The molecule has 0 aliphatic carbocycles. The summed E-state index contributed by atoms with van der Waals surface area (Å²) in [4.78, 5) is 0. The molecule has 0 amide bonds. The van der Waals surface area contributed by atoms with Gasteiger partial charge in [0.15, 0.2) is 0 Å². The smallest absolute Gasteiger partial charge is 0.269 e. The molecule has 4 nitrogen and oxygen atoms in total. The van der Waals surface area contributed by atoms with E-state index in [0.717, 1.165) is 16.6 Å². The van der Waals surface area contributed by atoms with Crippen LogP contribution in [0.15, 0.2) is 29.6 Å². The zero-order valence-electron chi connectivity index (χ0n) is 10.9. The van der Waals surface area contributed by atoms with Gasteiger partial charge in [-0.25, -0.2) is 0 Å². The maximum absolute atomic E-state index is 10.6. The Bertz CT molecular complexity index is 603. The lowest BCUT2D eigenvalue weighted by Gasteiger charge is -1.98. The van der Waals surface area contributed by atoms with Crippen molar-refractivity contribution >= 4 is 31.5 Å². The van der Waals surface area contributed by atoms with Gasteiger partial charge in [-0.1, -0.05) is 19.4 Å². The number of rotatable bonds is 4. The summed E-state index contributed by atoms with van der Waals surface area (Å²) in [6, 6.07) is 7.28. The molecule has 106 valence electrons. The van der Waals surface area contributed by atoms with Gasteiger partial charge in [-0.3, -0.25) is 4.55 Å². The zero-order valence-corrected chi connectivity index (χ0v) is 12.5. The van der Waals surface area contributed by atoms with Gasteiger partial charge in [-0.15, -0.1) is 11.3 Å². The van der Waals surface area contributed by atoms with Crippen molar-refractivity contribution < 1.29 is 13.0 Å². The molecule has 0 bridgehead atoms. The number of thiophene rings is 1. The predicted octanol–water partition coefficient (Wildman–Crippen LogP) is 3.03. The number of fused-ring (bicyclic) bond motifs is 1. The highest BCUT2D eigenvalue weighted by Crippen LogP contribution is 2.22. The van der Waals surface area contributed by atoms with E-state index < -0.39 is 10.1 Å². The molecule has 19 heavy (non-hydrogen) atoms. The Morgan fingerprint density at radius 1 is 1.32 bits per heavy atom. The van der Waals surface area contributed by atoms with Gasteiger partial charge >= 0.3 is 0 Å². The van der Waals surface area contributed by atoms with Gasteiger partial charge in [-0.05, 0) is 47.5 Å². The fourth-order valence-corrected chi connectivity index (χ4v) is 2.89. The van der Waals surface area contributed by atoms with Gasteiger partial charge in [0.25, 0.3) is 10.1 Å². The zero-order chi connectivity index (χ0) is 14.3. The standard InChI is InChI=1S/C9H8O3S2.C4H11N/c10-14(11,12)6-7-1-2-9-8(5-7)3-4-13-9;1-2-3-4-5/h1-5H,6H2,(H,10,11,12);2-5H2,1H3. The first kappa shape index (κ1) is 16.1. The normalized spacial score (nSPS) is 11.1. The van der Waals surface area contributed by atoms with Crippen LogP contribution in [0.25, 0.3) is 10.1 Å². The van der Waals surface area contributed by atoms with Crippen LogP contribution < -0.4 is 5.73 Å². The average Bonchev–Trinajstić information content (AvgIpc) is 2.76. The third kappa shape index (κ3) is 6.15. The van der Waals surface area contributed by atoms with E-state index in [1.54, 1.807) is 23.5 Å². The van der Waals surface area contributed by atoms with E-state index in [2.05, 4.69) is 6.92 Å². The highest BCUT2D eigenvalue weighted by Gasteiger charge is 2.06. The molecule has 0 unspecified atom stereocenters. The summed E-state index contributed by atoms with van der Waals surface area (Å²) in [5.41, 5.74) is 5.75. The lowest BCUT2D eigenvalue weighted by Crippen LogP contribution is -2.00. The summed E-state index contributed by atoms with van der Waals surface area (Å²) < 4.78 is 31.0. The van der Waals surface area contributed by atoms with Crippen LogP contribution >= 0.6 is 11.3 Å². The molecule has 3 N–H and O–H groups in total. The van der Waals surface area contributed by atoms with Crippen LogP contribution in [0.4, 0.5) is 0 Å². The minimum absolute atomic E-state index is 0.321. The van der Waals surface area contributed by atoms with Gasteiger partial charge in [0.2, 0.25) is 0 Å². The van der Waals surface area contributed by atoms with Crippen LogP contribution in [-0.2, 0) is 15.9 Å². The fourth-order valence-electron chi connectivity index (χ4n) is 1.52. The first-order valence-electron chi connectivity index (χ1n) is 6.07. The second kappa shape index (κ2) is 7.59. The van der Waals surface area contributed by atoms with Crippen LogP contribution in [0.3, 0.4) is 0 Å². The van der Waals surface area contributed by atoms with E-state index in [-0.39, 0.29) is 5.75 Å². The van der Waals surface area contributed by atoms with E-state index in [1.165, 1.54) is 12.8 Å². The predicted molar refractivity (Wildman–Crippen MR) is 81.0 cm³/mol. The maximum Gasteiger partial charge on any atom is 0.269 e. The van der Waals surface area contributed by atoms with Crippen LogP contribution in [0, 0.1) is 0 Å². The molecule has 0 aliphatic heterocycles. The van der Waals surface area contributed by atoms with E-state index in [1.807, 2.05) is 17.5 Å². The molecule has 0 atom stereocenters. The SMILES string of the molecule is CCCCN.O=S(=O)(O)Cc1ccc2sccc2c1. The fraction of sp³-hybridized carbons (Fsp3) is 0.385. The summed E-state index contributed by atoms with van der Waals surface area (Å²) in [5, 5.41) is 2.96. The van der Waals surface area contributed by atoms with Crippen molar-refractivity contribution in [1.29, 1.82) is 0 Å². The van der Waals surface area contributed by atoms with E-state index in [0.29, 0.717) is 5.56 Å². The average molecular weight is 301 g/mol. The van der Waals surface area contributed by atoms with Gasteiger partial charge in [0, 0.05) is 4.70 Å². The number of hydrogen-bond acceptors (Lipinski definition) is 4. The number of nitrogens with two attached hydrogens (primary N) is 1. The first-order valence-corrected chi connectivity index (χ1v) is 8.56. The van der Waals surface area contributed by atoms with Crippen molar-refractivity contribution in [3.63, 3.8) is 0 Å². The summed E-state index contributed by atoms with van der Waals surface area (Å²) in [5.74, 6) is -0.321. The third-order valence-corrected chi connectivity index (χ3v) is 4.02. The van der Waals surface area contributed by atoms with Crippen LogP contribution in [0.1, 0.15) is 25.3 Å². The molecule has 1 aromatic heterocycles. The van der Waals surface area contributed by atoms with Crippen molar-refractivity contribution in [2.24, 2.45) is 5.73 Å². The van der Waals surface area contributed by atoms with Crippen molar-refractivity contribution in [2.75, 3.05) is 6.54 Å². The van der Waals surface area contributed by atoms with E-state index in [4.69, 9.17) is 10.3 Å². The maximum atomic E-state index is 10.6. The summed E-state index contributed by atoms with van der Waals surface area (Å²) in [6.45, 7) is 2.98. The highest BCUT2D eigenvalue weighted by molar-refractivity contribution is 7.85. The van der Waals surface area contributed by atoms with Crippen LogP contribution in [0.5, 0.6) is 0 Å². The Hall–Kier alpha value is -0.950. The van der Waals surface area contributed by atoms with Gasteiger partial charge in [0.05, 0.1) is 0 Å². The van der Waals surface area contributed by atoms with Crippen molar-refractivity contribution in [2.45, 2.75) is 25.5 Å². The van der Waals surface area contributed by atoms with Crippen LogP contribution in [-0.4, -0.2) is 19.5 Å². The molecule has 2 aromatic rings. The van der Waals surface area contributed by atoms with Crippen molar-refractivity contribution in [3.8, 4) is 0 Å². The third-order valence-electron chi connectivity index (χ3n) is 2.42. The monoisotopic (exact) mass is 301 g/mol. The Kier molecular flexibility index (Phi) is 6.44. The second-order valence-electron chi connectivity index (χ2n) is 4.16. The first-order chi connectivity index (χ1) is 8.96. The molecule has 6 heteroatoms. The molecule has 0 saturated heterocycles. The topological polar surface area (TPSA) is 80.4 Å². The molecule has 1 heterocycles. The van der Waals surface area contributed by atoms with Crippen molar-refractivity contribution in [1.82, 2.24) is 0 Å². The Morgan fingerprint density at radius 3 is 2.58 bits per heavy atom. The number of unbranched alkanes of at least 4 members (excludes halogenated alkanes) is 1. The molecule has 2 rings (SSSR count). The molecule has 1 aromatic carbocycles. The molecular formula is C13H19NO3S2. The van der Waals surface area contributed by atoms with Crippen molar-refractivity contribution in [3.05, 3.63) is 35.2 Å². The lowest BCUT2D eigenvalue weighted by molar-refractivity contribution is 0.482. The van der Waals surface area contributed by atoms with Gasteiger partial charge in [-0.2, -0.15) is 8.42 Å². The molecule has 0 spiro atoms. The molecule has 0 fully saturated rings. The largest absolute Gasteiger partial charge is 0.330 e. The number of hydrogen-bond donors (Lipinski definition) is 2. The van der Waals surface area contributed by atoms with E-state index >= 15 is 0 Å². The molecule has 0 aliphatic rings. The lowest BCUT2D eigenvalue weighted by atomic mass is 10.2. The minimum atomic E-state index is -3.93. The summed E-state index contributed by atoms with van der Waals surface area (Å²) in [6.07, 6.45) is 2.39. The Balaban J connectivity index is 0.000000312. The summed E-state index contributed by atoms with van der Waals surface area (Å²) in [7, 11) is -3.93. The molecule has 0 saturated carbocycles. The van der Waals surface area contributed by atoms with E-state index in [9.17, 15) is 8.42 Å². The number of benzene rings is 1. The van der Waals surface area contributed by atoms with Gasteiger partial charge in [0.1, 0.15) is 5.75 Å².